The van der Waals surface area contributed by atoms with Crippen LogP contribution in [-0.2, 0) is 19.0 Å². The fourth-order valence-corrected chi connectivity index (χ4v) is 2.04. The van der Waals surface area contributed by atoms with E-state index in [0.29, 0.717) is 25.5 Å². The van der Waals surface area contributed by atoms with Crippen molar-refractivity contribution in [3.05, 3.63) is 18.1 Å². The van der Waals surface area contributed by atoms with Crippen LogP contribution in [0.1, 0.15) is 17.0 Å². The number of morpholine rings is 1. The van der Waals surface area contributed by atoms with Crippen LogP contribution in [0.25, 0.3) is 0 Å². The molecule has 1 aliphatic rings. The molecule has 1 aliphatic heterocycles. The van der Waals surface area contributed by atoms with Crippen molar-refractivity contribution in [2.24, 2.45) is 0 Å². The maximum absolute atomic E-state index is 11.4. The van der Waals surface area contributed by atoms with Crippen molar-refractivity contribution in [3.8, 4) is 0 Å². The molecule has 0 spiro atoms. The summed E-state index contributed by atoms with van der Waals surface area (Å²) in [5.74, 6) is -0.300. The van der Waals surface area contributed by atoms with Crippen molar-refractivity contribution in [1.29, 1.82) is 0 Å². The number of esters is 2. The van der Waals surface area contributed by atoms with Gasteiger partial charge in [0.15, 0.2) is 0 Å². The average molecular weight is 295 g/mol. The van der Waals surface area contributed by atoms with E-state index in [1.807, 2.05) is 4.90 Å². The lowest BCUT2D eigenvalue weighted by Gasteiger charge is -2.33. The Morgan fingerprint density at radius 1 is 1.43 bits per heavy atom. The van der Waals surface area contributed by atoms with Crippen molar-refractivity contribution in [2.75, 3.05) is 38.8 Å². The van der Waals surface area contributed by atoms with Crippen molar-refractivity contribution < 1.29 is 23.8 Å². The van der Waals surface area contributed by atoms with Gasteiger partial charge in [-0.05, 0) is 6.07 Å². The summed E-state index contributed by atoms with van der Waals surface area (Å²) >= 11 is 0. The monoisotopic (exact) mass is 295 g/mol. The minimum absolute atomic E-state index is 0.00556. The number of rotatable bonds is 4. The molecule has 0 amide bonds. The predicted molar refractivity (Wildman–Crippen MR) is 72.0 cm³/mol. The Kier molecular flexibility index (Phi) is 5.04. The smallest absolute Gasteiger partial charge is 0.376 e. The van der Waals surface area contributed by atoms with Gasteiger partial charge in [-0.2, -0.15) is 0 Å². The molecule has 1 fully saturated rings. The molecule has 1 aromatic heterocycles. The second kappa shape index (κ2) is 6.98. The number of hydrogen-bond donors (Lipinski definition) is 0. The van der Waals surface area contributed by atoms with Crippen molar-refractivity contribution in [1.82, 2.24) is 9.97 Å². The van der Waals surface area contributed by atoms with Gasteiger partial charge in [0.05, 0.1) is 33.4 Å². The van der Waals surface area contributed by atoms with Crippen LogP contribution < -0.4 is 4.90 Å². The topological polar surface area (TPSA) is 90.9 Å². The fourth-order valence-electron chi connectivity index (χ4n) is 2.04. The van der Waals surface area contributed by atoms with Crippen LogP contribution >= 0.6 is 0 Å². The predicted octanol–water partition coefficient (Wildman–Crippen LogP) is 0.0315. The molecule has 8 nitrogen and oxygen atoms in total. The molecule has 0 aromatic carbocycles. The van der Waals surface area contributed by atoms with Crippen LogP contribution in [0.15, 0.2) is 12.3 Å². The highest BCUT2D eigenvalue weighted by atomic mass is 16.5. The van der Waals surface area contributed by atoms with Gasteiger partial charge in [0.2, 0.25) is 5.82 Å². The average Bonchev–Trinajstić information content (AvgIpc) is 2.54. The first-order valence-electron chi connectivity index (χ1n) is 6.48. The maximum Gasteiger partial charge on any atom is 0.376 e. The van der Waals surface area contributed by atoms with Crippen LogP contribution in [0.5, 0.6) is 0 Å². The minimum Gasteiger partial charge on any atom is -0.469 e. The van der Waals surface area contributed by atoms with E-state index in [0.717, 1.165) is 0 Å². The highest BCUT2D eigenvalue weighted by molar-refractivity contribution is 5.85. The second-order valence-electron chi connectivity index (χ2n) is 4.45. The van der Waals surface area contributed by atoms with Gasteiger partial charge in [-0.3, -0.25) is 4.79 Å². The molecular formula is C13H17N3O5. The highest BCUT2D eigenvalue weighted by Crippen LogP contribution is 2.16. The van der Waals surface area contributed by atoms with Gasteiger partial charge in [0.25, 0.3) is 0 Å². The van der Waals surface area contributed by atoms with Crippen molar-refractivity contribution >= 4 is 17.8 Å². The molecule has 0 radical (unpaired) electrons. The quantitative estimate of drug-likeness (QED) is 0.719. The molecule has 1 atom stereocenters. The van der Waals surface area contributed by atoms with E-state index in [2.05, 4.69) is 19.4 Å². The van der Waals surface area contributed by atoms with E-state index < -0.39 is 5.97 Å². The Morgan fingerprint density at radius 2 is 2.24 bits per heavy atom. The summed E-state index contributed by atoms with van der Waals surface area (Å²) in [4.78, 5) is 32.7. The molecule has 0 saturated carbocycles. The Morgan fingerprint density at radius 3 is 2.95 bits per heavy atom. The first kappa shape index (κ1) is 15.2. The summed E-state index contributed by atoms with van der Waals surface area (Å²) in [7, 11) is 2.62. The molecule has 1 unspecified atom stereocenters. The van der Waals surface area contributed by atoms with E-state index in [1.54, 1.807) is 6.07 Å². The lowest BCUT2D eigenvalue weighted by atomic mass is 10.2. The number of hydrogen-bond acceptors (Lipinski definition) is 8. The first-order chi connectivity index (χ1) is 10.1. The normalized spacial score (nSPS) is 18.2. The van der Waals surface area contributed by atoms with Crippen molar-refractivity contribution in [3.63, 3.8) is 0 Å². The number of nitrogens with zero attached hydrogens (tertiary/aromatic N) is 3. The lowest BCUT2D eigenvalue weighted by molar-refractivity contribution is -0.144. The Hall–Kier alpha value is -2.22. The van der Waals surface area contributed by atoms with Crippen LogP contribution in [0.2, 0.25) is 0 Å². The highest BCUT2D eigenvalue weighted by Gasteiger charge is 2.24. The summed E-state index contributed by atoms with van der Waals surface area (Å²) in [5.41, 5.74) is 0. The Labute approximate surface area is 122 Å². The third-order valence-electron chi connectivity index (χ3n) is 3.09. The van der Waals surface area contributed by atoms with Crippen LogP contribution in [0.3, 0.4) is 0 Å². The van der Waals surface area contributed by atoms with E-state index in [4.69, 9.17) is 4.74 Å². The van der Waals surface area contributed by atoms with Gasteiger partial charge in [0.1, 0.15) is 5.82 Å². The zero-order valence-electron chi connectivity index (χ0n) is 11.9. The number of carbonyl (C=O) groups is 2. The summed E-state index contributed by atoms with van der Waals surface area (Å²) in [6.45, 7) is 1.58. The SMILES string of the molecule is COC(=O)CC1CN(c2ccnc(C(=O)OC)n2)CCO1. The maximum atomic E-state index is 11.4. The first-order valence-corrected chi connectivity index (χ1v) is 6.48. The zero-order valence-corrected chi connectivity index (χ0v) is 11.9. The second-order valence-corrected chi connectivity index (χ2v) is 4.45. The van der Waals surface area contributed by atoms with E-state index in [1.165, 1.54) is 20.4 Å². The molecule has 0 aliphatic carbocycles. The Balaban J connectivity index is 2.07. The molecule has 2 heterocycles. The summed E-state index contributed by atoms with van der Waals surface area (Å²) in [5, 5.41) is 0. The van der Waals surface area contributed by atoms with E-state index in [9.17, 15) is 9.59 Å². The molecule has 0 N–H and O–H groups in total. The molecule has 1 aromatic rings. The van der Waals surface area contributed by atoms with Crippen LogP contribution in [0, 0.1) is 0 Å². The minimum atomic E-state index is -0.587. The Bertz CT molecular complexity index is 522. The third-order valence-corrected chi connectivity index (χ3v) is 3.09. The molecular weight excluding hydrogens is 278 g/mol. The van der Waals surface area contributed by atoms with Gasteiger partial charge in [-0.15, -0.1) is 0 Å². The standard InChI is InChI=1S/C13H17N3O5/c1-19-11(17)7-9-8-16(5-6-21-9)10-3-4-14-12(15-10)13(18)20-2/h3-4,9H,5-8H2,1-2H3. The molecule has 2 rings (SSSR count). The van der Waals surface area contributed by atoms with Crippen LogP contribution in [0.4, 0.5) is 5.82 Å². The van der Waals surface area contributed by atoms with Gasteiger partial charge in [-0.1, -0.05) is 0 Å². The number of ether oxygens (including phenoxy) is 3. The van der Waals surface area contributed by atoms with Gasteiger partial charge >= 0.3 is 11.9 Å². The summed E-state index contributed by atoms with van der Waals surface area (Å²) in [6.07, 6.45) is 1.42. The number of methoxy groups -OCH3 is 2. The van der Waals surface area contributed by atoms with E-state index in [-0.39, 0.29) is 24.3 Å². The zero-order chi connectivity index (χ0) is 15.2. The molecule has 0 bridgehead atoms. The third kappa shape index (κ3) is 3.88. The van der Waals surface area contributed by atoms with Gasteiger partial charge in [-0.25, -0.2) is 14.8 Å². The van der Waals surface area contributed by atoms with Crippen LogP contribution in [-0.4, -0.2) is 61.9 Å². The van der Waals surface area contributed by atoms with E-state index >= 15 is 0 Å². The number of anilines is 1. The molecule has 114 valence electrons. The largest absolute Gasteiger partial charge is 0.469 e. The van der Waals surface area contributed by atoms with Crippen molar-refractivity contribution in [2.45, 2.75) is 12.5 Å². The number of carbonyl (C=O) groups excluding carboxylic acids is 2. The summed E-state index contributed by atoms with van der Waals surface area (Å²) in [6, 6.07) is 1.70. The van der Waals surface area contributed by atoms with Gasteiger partial charge < -0.3 is 19.1 Å². The molecule has 21 heavy (non-hydrogen) atoms. The molecule has 8 heteroatoms. The number of aromatic nitrogens is 2. The van der Waals surface area contributed by atoms with Gasteiger partial charge in [0, 0.05) is 19.3 Å². The lowest BCUT2D eigenvalue weighted by Crippen LogP contribution is -2.44. The fraction of sp³-hybridized carbons (Fsp3) is 0.538. The molecule has 1 saturated heterocycles. The summed E-state index contributed by atoms with van der Waals surface area (Å²) < 4.78 is 14.8.